The van der Waals surface area contributed by atoms with Crippen molar-refractivity contribution in [3.8, 4) is 0 Å². The van der Waals surface area contributed by atoms with E-state index < -0.39 is 22.9 Å². The Morgan fingerprint density at radius 2 is 1.05 bits per heavy atom. The lowest BCUT2D eigenvalue weighted by Crippen LogP contribution is -2.32. The van der Waals surface area contributed by atoms with E-state index in [1.807, 2.05) is 0 Å². The van der Waals surface area contributed by atoms with Crippen LogP contribution in [0.3, 0.4) is 0 Å². The van der Waals surface area contributed by atoms with Gasteiger partial charge < -0.3 is 4.55 Å². The third kappa shape index (κ3) is 7.64. The van der Waals surface area contributed by atoms with Gasteiger partial charge in [-0.2, -0.15) is 13.2 Å². The summed E-state index contributed by atoms with van der Waals surface area (Å²) in [6.07, 6.45) is 6.74. The number of hydrogen-bond acceptors (Lipinski definition) is 3. The number of hydrogen-bond donors (Lipinski definition) is 0. The van der Waals surface area contributed by atoms with E-state index in [2.05, 4.69) is 134 Å². The topological polar surface area (TPSA) is 57.2 Å². The van der Waals surface area contributed by atoms with Gasteiger partial charge in [0.05, 0.1) is 6.16 Å². The number of aryl methyl sites for hydroxylation is 1. The lowest BCUT2D eigenvalue weighted by atomic mass is 10.1. The van der Waals surface area contributed by atoms with Gasteiger partial charge in [-0.15, -0.1) is 0 Å². The SMILES string of the molecule is Cc1ccc(C/C=C/C[P+](c2ccccc2)(c2ccccc2)c2ccccc2)cc1.O=S(=O)([O-])C(F)(F)F. The van der Waals surface area contributed by atoms with E-state index in [0.29, 0.717) is 0 Å². The average molecular weight is 557 g/mol. The van der Waals surface area contributed by atoms with Crippen molar-refractivity contribution in [2.24, 2.45) is 0 Å². The number of halogens is 3. The molecule has 0 aromatic heterocycles. The van der Waals surface area contributed by atoms with Gasteiger partial charge in [-0.3, -0.25) is 0 Å². The predicted octanol–water partition coefficient (Wildman–Crippen LogP) is 6.14. The highest BCUT2D eigenvalue weighted by Crippen LogP contribution is 2.55. The van der Waals surface area contributed by atoms with Crippen LogP contribution in [0.2, 0.25) is 0 Å². The summed E-state index contributed by atoms with van der Waals surface area (Å²) in [6.45, 7) is 2.14. The molecule has 0 aliphatic heterocycles. The molecule has 198 valence electrons. The molecular formula is C30H28F3O3PS. The Morgan fingerprint density at radius 1 is 0.684 bits per heavy atom. The molecular weight excluding hydrogens is 528 g/mol. The number of benzene rings is 4. The normalized spacial score (nSPS) is 12.1. The molecule has 38 heavy (non-hydrogen) atoms. The van der Waals surface area contributed by atoms with E-state index in [1.54, 1.807) is 0 Å². The Balaban J connectivity index is 0.000000436. The van der Waals surface area contributed by atoms with Crippen molar-refractivity contribution in [2.75, 3.05) is 6.16 Å². The second kappa shape index (κ2) is 13.0. The molecule has 0 spiro atoms. The summed E-state index contributed by atoms with van der Waals surface area (Å²) in [4.78, 5) is 0. The van der Waals surface area contributed by atoms with Crippen molar-refractivity contribution in [3.63, 3.8) is 0 Å². The average Bonchev–Trinajstić information content (AvgIpc) is 2.91. The van der Waals surface area contributed by atoms with Crippen LogP contribution in [-0.2, 0) is 16.5 Å². The highest BCUT2D eigenvalue weighted by atomic mass is 32.2. The Bertz CT molecular complexity index is 1310. The van der Waals surface area contributed by atoms with E-state index in [9.17, 15) is 13.2 Å². The zero-order valence-corrected chi connectivity index (χ0v) is 22.5. The Labute approximate surface area is 222 Å². The first-order chi connectivity index (χ1) is 18.0. The summed E-state index contributed by atoms with van der Waals surface area (Å²) in [5.41, 5.74) is -2.97. The Hall–Kier alpha value is -3.25. The molecule has 0 amide bonds. The van der Waals surface area contributed by atoms with Gasteiger partial charge >= 0.3 is 5.51 Å². The van der Waals surface area contributed by atoms with E-state index in [1.165, 1.54) is 27.0 Å². The van der Waals surface area contributed by atoms with Crippen LogP contribution in [0.15, 0.2) is 127 Å². The molecule has 4 aromatic rings. The maximum Gasteiger partial charge on any atom is 0.485 e. The quantitative estimate of drug-likeness (QED) is 0.119. The predicted molar refractivity (Wildman–Crippen MR) is 150 cm³/mol. The highest BCUT2D eigenvalue weighted by Gasteiger charge is 2.44. The van der Waals surface area contributed by atoms with Crippen molar-refractivity contribution in [2.45, 2.75) is 18.9 Å². The van der Waals surface area contributed by atoms with Crippen molar-refractivity contribution < 1.29 is 26.1 Å². The summed E-state index contributed by atoms with van der Waals surface area (Å²) >= 11 is 0. The van der Waals surface area contributed by atoms with E-state index in [4.69, 9.17) is 13.0 Å². The smallest absolute Gasteiger partial charge is 0.485 e. The lowest BCUT2D eigenvalue weighted by Gasteiger charge is -2.26. The number of alkyl halides is 3. The van der Waals surface area contributed by atoms with Gasteiger partial charge in [-0.1, -0.05) is 96.6 Å². The first-order valence-electron chi connectivity index (χ1n) is 11.8. The molecule has 4 rings (SSSR count). The van der Waals surface area contributed by atoms with Crippen LogP contribution in [0, 0.1) is 6.92 Å². The van der Waals surface area contributed by atoms with Crippen LogP contribution >= 0.6 is 7.26 Å². The van der Waals surface area contributed by atoms with Crippen LogP contribution in [0.1, 0.15) is 11.1 Å². The Morgan fingerprint density at radius 3 is 1.39 bits per heavy atom. The first kappa shape index (κ1) is 29.3. The van der Waals surface area contributed by atoms with Crippen molar-refractivity contribution >= 4 is 33.3 Å². The van der Waals surface area contributed by atoms with Crippen molar-refractivity contribution in [3.05, 3.63) is 139 Å². The summed E-state index contributed by atoms with van der Waals surface area (Å²) in [5.74, 6) is 0. The maximum absolute atomic E-state index is 10.7. The molecule has 0 saturated carbocycles. The summed E-state index contributed by atoms with van der Waals surface area (Å²) in [7, 11) is -7.86. The monoisotopic (exact) mass is 556 g/mol. The third-order valence-electron chi connectivity index (χ3n) is 5.89. The molecule has 0 saturated heterocycles. The minimum atomic E-state index is -6.09. The minimum Gasteiger partial charge on any atom is -0.741 e. The van der Waals surface area contributed by atoms with Gasteiger partial charge in [0.15, 0.2) is 10.1 Å². The molecule has 4 aromatic carbocycles. The molecule has 0 heterocycles. The minimum absolute atomic E-state index is 0.971. The molecule has 8 heteroatoms. The standard InChI is InChI=1S/C29H28P.CHF3O3S/c1-25-20-22-26(23-21-25)13-11-12-24-30(27-14-5-2-6-15-27,28-16-7-3-8-17-28)29-18-9-4-10-19-29;2-1(3,4)8(5,6)7/h2-12,14-23H,13,24H2,1H3;(H,5,6,7)/q+1;/p-1/b12-11+;. The fourth-order valence-corrected chi connectivity index (χ4v) is 8.02. The van der Waals surface area contributed by atoms with Gasteiger partial charge in [0.2, 0.25) is 0 Å². The van der Waals surface area contributed by atoms with Crippen molar-refractivity contribution in [1.82, 2.24) is 0 Å². The molecule has 0 N–H and O–H groups in total. The molecule has 0 atom stereocenters. The number of rotatable bonds is 7. The van der Waals surface area contributed by atoms with Crippen LogP contribution in [0.25, 0.3) is 0 Å². The molecule has 0 aliphatic rings. The van der Waals surface area contributed by atoms with Crippen LogP contribution in [0.5, 0.6) is 0 Å². The zero-order valence-electron chi connectivity index (χ0n) is 20.8. The largest absolute Gasteiger partial charge is 0.741 e. The molecule has 0 aliphatic carbocycles. The fraction of sp³-hybridized carbons (Fsp3) is 0.133. The third-order valence-corrected chi connectivity index (χ3v) is 10.8. The lowest BCUT2D eigenvalue weighted by molar-refractivity contribution is -0.0517. The highest BCUT2D eigenvalue weighted by molar-refractivity contribution is 7.95. The van der Waals surface area contributed by atoms with Gasteiger partial charge in [-0.25, -0.2) is 8.42 Å². The van der Waals surface area contributed by atoms with Crippen molar-refractivity contribution in [1.29, 1.82) is 0 Å². The molecule has 0 unspecified atom stereocenters. The van der Waals surface area contributed by atoms with Gasteiger partial charge in [0, 0.05) is 0 Å². The molecule has 0 radical (unpaired) electrons. The summed E-state index contributed by atoms with van der Waals surface area (Å²) in [6, 6.07) is 42.1. The second-order valence-electron chi connectivity index (χ2n) is 8.56. The maximum atomic E-state index is 10.7. The van der Waals surface area contributed by atoms with Gasteiger partial charge in [0.1, 0.15) is 23.2 Å². The summed E-state index contributed by atoms with van der Waals surface area (Å²) < 4.78 is 58.9. The van der Waals surface area contributed by atoms with Crippen LogP contribution in [-0.4, -0.2) is 24.6 Å². The van der Waals surface area contributed by atoms with E-state index >= 15 is 0 Å². The first-order valence-corrected chi connectivity index (χ1v) is 15.2. The van der Waals surface area contributed by atoms with Gasteiger partial charge in [0.25, 0.3) is 0 Å². The fourth-order valence-electron chi connectivity index (χ4n) is 3.99. The Kier molecular flexibility index (Phi) is 10.0. The molecule has 0 fully saturated rings. The van der Waals surface area contributed by atoms with Crippen LogP contribution < -0.4 is 15.9 Å². The van der Waals surface area contributed by atoms with E-state index in [0.717, 1.165) is 12.6 Å². The van der Waals surface area contributed by atoms with E-state index in [-0.39, 0.29) is 0 Å². The summed E-state index contributed by atoms with van der Waals surface area (Å²) in [5, 5.41) is 4.30. The second-order valence-corrected chi connectivity index (χ2v) is 13.5. The number of allylic oxidation sites excluding steroid dienone is 2. The molecule has 3 nitrogen and oxygen atoms in total. The van der Waals surface area contributed by atoms with Gasteiger partial charge in [-0.05, 0) is 55.3 Å². The molecule has 0 bridgehead atoms. The van der Waals surface area contributed by atoms with Crippen LogP contribution in [0.4, 0.5) is 13.2 Å². The zero-order chi connectivity index (χ0) is 27.7.